The van der Waals surface area contributed by atoms with Crippen LogP contribution in [0.25, 0.3) is 0 Å². The van der Waals surface area contributed by atoms with E-state index in [0.29, 0.717) is 23.9 Å². The van der Waals surface area contributed by atoms with Crippen LogP contribution in [0.2, 0.25) is 5.02 Å². The Labute approximate surface area is 154 Å². The summed E-state index contributed by atoms with van der Waals surface area (Å²) in [5, 5.41) is 12.9. The van der Waals surface area contributed by atoms with Crippen LogP contribution in [0.15, 0.2) is 42.5 Å². The fourth-order valence-electron chi connectivity index (χ4n) is 2.55. The average Bonchev–Trinajstić information content (AvgIpc) is 2.64. The van der Waals surface area contributed by atoms with E-state index in [0.717, 1.165) is 42.7 Å². The molecule has 0 bridgehead atoms. The molecule has 0 aliphatic heterocycles. The highest BCUT2D eigenvalue weighted by molar-refractivity contribution is 6.31. The number of unbranched alkanes of at least 4 members (excludes halogenated alkanes) is 2. The van der Waals surface area contributed by atoms with Gasteiger partial charge in [0.25, 0.3) is 0 Å². The lowest BCUT2D eigenvalue weighted by Gasteiger charge is -2.16. The second-order valence-electron chi connectivity index (χ2n) is 5.79. The molecule has 2 aromatic rings. The van der Waals surface area contributed by atoms with E-state index in [1.807, 2.05) is 42.5 Å². The third-order valence-electron chi connectivity index (χ3n) is 3.94. The van der Waals surface area contributed by atoms with Gasteiger partial charge >= 0.3 is 0 Å². The second kappa shape index (κ2) is 11.0. The Kier molecular flexibility index (Phi) is 8.60. The van der Waals surface area contributed by atoms with E-state index >= 15 is 0 Å². The van der Waals surface area contributed by atoms with Crippen molar-refractivity contribution in [1.29, 1.82) is 0 Å². The van der Waals surface area contributed by atoms with Crippen molar-refractivity contribution >= 4 is 11.6 Å². The summed E-state index contributed by atoms with van der Waals surface area (Å²) in [6.07, 6.45) is 2.92. The van der Waals surface area contributed by atoms with Gasteiger partial charge < -0.3 is 19.9 Å². The summed E-state index contributed by atoms with van der Waals surface area (Å²) in [7, 11) is 1.64. The van der Waals surface area contributed by atoms with Gasteiger partial charge in [0.1, 0.15) is 6.61 Å². The van der Waals surface area contributed by atoms with Crippen LogP contribution in [0.3, 0.4) is 0 Å². The maximum atomic E-state index is 8.81. The minimum Gasteiger partial charge on any atom is -0.493 e. The lowest BCUT2D eigenvalue weighted by Crippen LogP contribution is -2.16. The lowest BCUT2D eigenvalue weighted by atomic mass is 10.1. The molecule has 0 unspecified atom stereocenters. The van der Waals surface area contributed by atoms with Gasteiger partial charge in [-0.15, -0.1) is 0 Å². The van der Waals surface area contributed by atoms with Crippen molar-refractivity contribution in [3.63, 3.8) is 0 Å². The molecule has 0 aromatic heterocycles. The fraction of sp³-hybridized carbons (Fsp3) is 0.400. The molecular formula is C20H26ClNO3. The molecule has 0 radical (unpaired) electrons. The molecule has 0 spiro atoms. The third-order valence-corrected chi connectivity index (χ3v) is 4.31. The first-order valence-electron chi connectivity index (χ1n) is 8.60. The summed E-state index contributed by atoms with van der Waals surface area (Å²) in [4.78, 5) is 0. The number of para-hydroxylation sites is 1. The number of aliphatic hydroxyl groups is 1. The number of rotatable bonds is 11. The maximum absolute atomic E-state index is 8.81. The predicted molar refractivity (Wildman–Crippen MR) is 101 cm³/mol. The van der Waals surface area contributed by atoms with Gasteiger partial charge in [0, 0.05) is 29.3 Å². The van der Waals surface area contributed by atoms with Gasteiger partial charge in [-0.3, -0.25) is 0 Å². The van der Waals surface area contributed by atoms with Crippen molar-refractivity contribution in [3.05, 3.63) is 58.6 Å². The zero-order valence-corrected chi connectivity index (χ0v) is 15.4. The van der Waals surface area contributed by atoms with Crippen LogP contribution >= 0.6 is 11.6 Å². The van der Waals surface area contributed by atoms with Gasteiger partial charge in [-0.1, -0.05) is 41.9 Å². The largest absolute Gasteiger partial charge is 0.493 e. The van der Waals surface area contributed by atoms with E-state index in [9.17, 15) is 0 Å². The number of aliphatic hydroxyl groups excluding tert-OH is 1. The summed E-state index contributed by atoms with van der Waals surface area (Å²) >= 11 is 6.21. The number of halogens is 1. The maximum Gasteiger partial charge on any atom is 0.166 e. The summed E-state index contributed by atoms with van der Waals surface area (Å²) in [6.45, 7) is 2.26. The Balaban J connectivity index is 1.98. The molecule has 0 aliphatic rings. The highest BCUT2D eigenvalue weighted by Crippen LogP contribution is 2.32. The second-order valence-corrected chi connectivity index (χ2v) is 6.20. The third kappa shape index (κ3) is 6.24. The first kappa shape index (κ1) is 19.6. The number of hydrogen-bond acceptors (Lipinski definition) is 4. The minimum atomic E-state index is 0.260. The first-order chi connectivity index (χ1) is 12.3. The normalized spacial score (nSPS) is 10.7. The Morgan fingerprint density at radius 2 is 1.80 bits per heavy atom. The Morgan fingerprint density at radius 1 is 1.00 bits per heavy atom. The zero-order chi connectivity index (χ0) is 17.9. The summed E-state index contributed by atoms with van der Waals surface area (Å²) in [5.74, 6) is 1.46. The number of ether oxygens (including phenoxy) is 2. The molecule has 5 heteroatoms. The van der Waals surface area contributed by atoms with E-state index in [-0.39, 0.29) is 6.61 Å². The van der Waals surface area contributed by atoms with Crippen LogP contribution in [0.1, 0.15) is 30.4 Å². The van der Waals surface area contributed by atoms with Gasteiger partial charge in [-0.25, -0.2) is 0 Å². The van der Waals surface area contributed by atoms with Gasteiger partial charge in [-0.2, -0.15) is 0 Å². The summed E-state index contributed by atoms with van der Waals surface area (Å²) < 4.78 is 11.5. The molecule has 0 saturated heterocycles. The number of hydrogen-bond donors (Lipinski definition) is 2. The van der Waals surface area contributed by atoms with Crippen molar-refractivity contribution in [1.82, 2.24) is 5.32 Å². The van der Waals surface area contributed by atoms with Gasteiger partial charge in [0.05, 0.1) is 7.11 Å². The van der Waals surface area contributed by atoms with Gasteiger partial charge in [-0.05, 0) is 37.9 Å². The van der Waals surface area contributed by atoms with Crippen LogP contribution in [-0.4, -0.2) is 25.4 Å². The number of benzene rings is 2. The molecule has 0 aliphatic carbocycles. The fourth-order valence-corrected chi connectivity index (χ4v) is 2.74. The standard InChI is InChI=1S/C20H26ClNO3/c1-24-19-11-7-9-16(14-22-12-5-2-6-13-23)20(19)25-15-17-8-3-4-10-18(17)21/h3-4,7-11,22-23H,2,5-6,12-15H2,1H3. The van der Waals surface area contributed by atoms with Crippen molar-refractivity contribution in [2.24, 2.45) is 0 Å². The average molecular weight is 364 g/mol. The van der Waals surface area contributed by atoms with E-state index < -0.39 is 0 Å². The minimum absolute atomic E-state index is 0.260. The van der Waals surface area contributed by atoms with Crippen molar-refractivity contribution in [2.45, 2.75) is 32.4 Å². The van der Waals surface area contributed by atoms with E-state index in [4.69, 9.17) is 26.2 Å². The topological polar surface area (TPSA) is 50.7 Å². The number of nitrogens with one attached hydrogen (secondary N) is 1. The smallest absolute Gasteiger partial charge is 0.166 e. The van der Waals surface area contributed by atoms with Gasteiger partial charge in [0.2, 0.25) is 0 Å². The molecule has 0 heterocycles. The van der Waals surface area contributed by atoms with E-state index in [2.05, 4.69) is 5.32 Å². The quantitative estimate of drug-likeness (QED) is 0.588. The molecule has 2 aromatic carbocycles. The Hall–Kier alpha value is -1.75. The molecule has 0 saturated carbocycles. The van der Waals surface area contributed by atoms with Crippen LogP contribution in [-0.2, 0) is 13.2 Å². The van der Waals surface area contributed by atoms with E-state index in [1.165, 1.54) is 0 Å². The Bertz CT molecular complexity index is 649. The molecule has 2 rings (SSSR count). The molecule has 0 fully saturated rings. The summed E-state index contributed by atoms with van der Waals surface area (Å²) in [5.41, 5.74) is 1.99. The van der Waals surface area contributed by atoms with Crippen molar-refractivity contribution < 1.29 is 14.6 Å². The monoisotopic (exact) mass is 363 g/mol. The number of methoxy groups -OCH3 is 1. The summed E-state index contributed by atoms with van der Waals surface area (Å²) in [6, 6.07) is 13.6. The van der Waals surface area contributed by atoms with Gasteiger partial charge in [0.15, 0.2) is 11.5 Å². The molecule has 25 heavy (non-hydrogen) atoms. The molecule has 4 nitrogen and oxygen atoms in total. The van der Waals surface area contributed by atoms with Crippen LogP contribution in [0.5, 0.6) is 11.5 Å². The predicted octanol–water partition coefficient (Wildman–Crippen LogP) is 4.18. The molecule has 136 valence electrons. The van der Waals surface area contributed by atoms with E-state index in [1.54, 1.807) is 7.11 Å². The highest BCUT2D eigenvalue weighted by Gasteiger charge is 2.11. The van der Waals surface area contributed by atoms with Crippen molar-refractivity contribution in [3.8, 4) is 11.5 Å². The van der Waals surface area contributed by atoms with Crippen LogP contribution in [0, 0.1) is 0 Å². The molecular weight excluding hydrogens is 338 g/mol. The lowest BCUT2D eigenvalue weighted by molar-refractivity contribution is 0.280. The first-order valence-corrected chi connectivity index (χ1v) is 8.97. The molecule has 0 atom stereocenters. The molecule has 2 N–H and O–H groups in total. The zero-order valence-electron chi connectivity index (χ0n) is 14.6. The SMILES string of the molecule is COc1cccc(CNCCCCCO)c1OCc1ccccc1Cl. The highest BCUT2D eigenvalue weighted by atomic mass is 35.5. The van der Waals surface area contributed by atoms with Crippen LogP contribution < -0.4 is 14.8 Å². The van der Waals surface area contributed by atoms with Crippen LogP contribution in [0.4, 0.5) is 0 Å². The van der Waals surface area contributed by atoms with Crippen molar-refractivity contribution in [2.75, 3.05) is 20.3 Å². The molecule has 0 amide bonds. The Morgan fingerprint density at radius 3 is 2.56 bits per heavy atom.